The molecule has 1 N–H and O–H groups in total. The number of nitrogens with one attached hydrogen (secondary N) is 1. The fraction of sp³-hybridized carbons (Fsp3) is 0.588. The number of benzene rings is 1. The van der Waals surface area contributed by atoms with E-state index in [1.807, 2.05) is 6.07 Å². The van der Waals surface area contributed by atoms with Crippen LogP contribution in [0.1, 0.15) is 37.3 Å². The van der Waals surface area contributed by atoms with Crippen LogP contribution < -0.4 is 14.8 Å². The molecule has 0 radical (unpaired) electrons. The van der Waals surface area contributed by atoms with Crippen molar-refractivity contribution < 1.29 is 14.3 Å². The first-order valence-electron chi connectivity index (χ1n) is 8.22. The van der Waals surface area contributed by atoms with Crippen molar-refractivity contribution in [3.8, 4) is 11.5 Å². The fourth-order valence-corrected chi connectivity index (χ4v) is 3.35. The predicted molar refractivity (Wildman–Crippen MR) is 82.1 cm³/mol. The quantitative estimate of drug-likeness (QED) is 0.922. The van der Waals surface area contributed by atoms with Gasteiger partial charge in [0.25, 0.3) is 0 Å². The summed E-state index contributed by atoms with van der Waals surface area (Å²) in [6.45, 7) is 2.70. The zero-order valence-corrected chi connectivity index (χ0v) is 12.7. The van der Waals surface area contributed by atoms with E-state index in [9.17, 15) is 4.79 Å². The normalized spacial score (nSPS) is 24.3. The lowest BCUT2D eigenvalue weighted by Crippen LogP contribution is -2.37. The van der Waals surface area contributed by atoms with Crippen LogP contribution in [0, 0.1) is 0 Å². The molecule has 4 rings (SSSR count). The molecule has 1 saturated heterocycles. The second-order valence-corrected chi connectivity index (χ2v) is 6.37. The van der Waals surface area contributed by atoms with Crippen LogP contribution in [0.4, 0.5) is 0 Å². The molecule has 0 spiro atoms. The first-order chi connectivity index (χ1) is 10.8. The van der Waals surface area contributed by atoms with Crippen molar-refractivity contribution in [2.24, 2.45) is 0 Å². The van der Waals surface area contributed by atoms with Crippen LogP contribution in [0.5, 0.6) is 11.5 Å². The number of hydrogen-bond donors (Lipinski definition) is 1. The highest BCUT2D eigenvalue weighted by atomic mass is 16.6. The van der Waals surface area contributed by atoms with Gasteiger partial charge in [-0.2, -0.15) is 0 Å². The Morgan fingerprint density at radius 3 is 2.82 bits per heavy atom. The third kappa shape index (κ3) is 2.90. The lowest BCUT2D eigenvalue weighted by molar-refractivity contribution is -0.122. The summed E-state index contributed by atoms with van der Waals surface area (Å²) in [5, 5.41) is 3.08. The molecule has 2 fully saturated rings. The van der Waals surface area contributed by atoms with Gasteiger partial charge in [0.15, 0.2) is 11.5 Å². The summed E-state index contributed by atoms with van der Waals surface area (Å²) in [6.07, 6.45) is 4.50. The molecule has 1 unspecified atom stereocenters. The summed E-state index contributed by atoms with van der Waals surface area (Å²) in [4.78, 5) is 14.3. The SMILES string of the molecule is O=C(CN1CCCC1c1ccc2c(c1)OCCO2)NC1CC1. The molecule has 1 aromatic carbocycles. The van der Waals surface area contributed by atoms with Gasteiger partial charge in [0.2, 0.25) is 5.91 Å². The minimum absolute atomic E-state index is 0.159. The van der Waals surface area contributed by atoms with Crippen molar-refractivity contribution in [3.05, 3.63) is 23.8 Å². The Kier molecular flexibility index (Phi) is 3.66. The van der Waals surface area contributed by atoms with E-state index in [-0.39, 0.29) is 5.91 Å². The summed E-state index contributed by atoms with van der Waals surface area (Å²) in [6, 6.07) is 6.92. The predicted octanol–water partition coefficient (Wildman–Crippen LogP) is 1.87. The minimum atomic E-state index is 0.159. The van der Waals surface area contributed by atoms with Crippen LogP contribution >= 0.6 is 0 Å². The second kappa shape index (κ2) is 5.80. The monoisotopic (exact) mass is 302 g/mol. The Morgan fingerprint density at radius 2 is 2.00 bits per heavy atom. The summed E-state index contributed by atoms with van der Waals surface area (Å²) < 4.78 is 11.3. The van der Waals surface area contributed by atoms with Crippen molar-refractivity contribution >= 4 is 5.91 Å². The molecule has 1 saturated carbocycles. The maximum Gasteiger partial charge on any atom is 0.234 e. The minimum Gasteiger partial charge on any atom is -0.486 e. The van der Waals surface area contributed by atoms with Crippen molar-refractivity contribution in [2.75, 3.05) is 26.3 Å². The molecule has 1 atom stereocenters. The Labute approximate surface area is 130 Å². The molecule has 22 heavy (non-hydrogen) atoms. The van der Waals surface area contributed by atoms with Gasteiger partial charge in [-0.25, -0.2) is 0 Å². The van der Waals surface area contributed by atoms with Crippen molar-refractivity contribution in [3.63, 3.8) is 0 Å². The van der Waals surface area contributed by atoms with Crippen LogP contribution in [0.3, 0.4) is 0 Å². The number of ether oxygens (including phenoxy) is 2. The number of fused-ring (bicyclic) bond motifs is 1. The molecule has 1 aliphatic carbocycles. The van der Waals surface area contributed by atoms with Gasteiger partial charge < -0.3 is 14.8 Å². The molecule has 118 valence electrons. The molecule has 1 aromatic rings. The van der Waals surface area contributed by atoms with Gasteiger partial charge in [-0.1, -0.05) is 6.07 Å². The van der Waals surface area contributed by atoms with E-state index in [0.717, 1.165) is 43.7 Å². The van der Waals surface area contributed by atoms with E-state index in [1.165, 1.54) is 5.56 Å². The summed E-state index contributed by atoms with van der Waals surface area (Å²) in [5.41, 5.74) is 1.22. The summed E-state index contributed by atoms with van der Waals surface area (Å²) in [5.74, 6) is 1.82. The third-order valence-corrected chi connectivity index (χ3v) is 4.60. The highest BCUT2D eigenvalue weighted by Gasteiger charge is 2.30. The summed E-state index contributed by atoms with van der Waals surface area (Å²) >= 11 is 0. The van der Waals surface area contributed by atoms with Gasteiger partial charge in [0.05, 0.1) is 6.54 Å². The largest absolute Gasteiger partial charge is 0.486 e. The average molecular weight is 302 g/mol. The number of carbonyl (C=O) groups is 1. The molecule has 1 amide bonds. The third-order valence-electron chi connectivity index (χ3n) is 4.60. The highest BCUT2D eigenvalue weighted by Crippen LogP contribution is 2.37. The van der Waals surface area contributed by atoms with Gasteiger partial charge in [0.1, 0.15) is 13.2 Å². The molecule has 0 aromatic heterocycles. The number of rotatable bonds is 4. The van der Waals surface area contributed by atoms with Gasteiger partial charge in [-0.3, -0.25) is 9.69 Å². The van der Waals surface area contributed by atoms with E-state index >= 15 is 0 Å². The molecule has 5 heteroatoms. The van der Waals surface area contributed by atoms with E-state index < -0.39 is 0 Å². The summed E-state index contributed by atoms with van der Waals surface area (Å²) in [7, 11) is 0. The smallest absolute Gasteiger partial charge is 0.234 e. The maximum absolute atomic E-state index is 12.1. The topological polar surface area (TPSA) is 50.8 Å². The molecule has 5 nitrogen and oxygen atoms in total. The average Bonchev–Trinajstić information content (AvgIpc) is 3.22. The van der Waals surface area contributed by atoms with Gasteiger partial charge in [-0.15, -0.1) is 0 Å². The van der Waals surface area contributed by atoms with Crippen molar-refractivity contribution in [1.82, 2.24) is 10.2 Å². The Hall–Kier alpha value is -1.75. The maximum atomic E-state index is 12.1. The number of likely N-dealkylation sites (tertiary alicyclic amines) is 1. The fourth-order valence-electron chi connectivity index (χ4n) is 3.35. The lowest BCUT2D eigenvalue weighted by atomic mass is 10.0. The van der Waals surface area contributed by atoms with Crippen LogP contribution in [0.25, 0.3) is 0 Å². The van der Waals surface area contributed by atoms with Crippen molar-refractivity contribution in [2.45, 2.75) is 37.8 Å². The second-order valence-electron chi connectivity index (χ2n) is 6.37. The zero-order chi connectivity index (χ0) is 14.9. The number of amides is 1. The van der Waals surface area contributed by atoms with Gasteiger partial charge in [-0.05, 0) is 49.9 Å². The zero-order valence-electron chi connectivity index (χ0n) is 12.7. The number of hydrogen-bond acceptors (Lipinski definition) is 4. The molecule has 2 heterocycles. The van der Waals surface area contributed by atoms with Gasteiger partial charge in [0, 0.05) is 12.1 Å². The first kappa shape index (κ1) is 13.9. The van der Waals surface area contributed by atoms with Gasteiger partial charge >= 0.3 is 0 Å². The van der Waals surface area contributed by atoms with E-state index in [2.05, 4.69) is 22.3 Å². The number of carbonyl (C=O) groups excluding carboxylic acids is 1. The molecule has 3 aliphatic rings. The lowest BCUT2D eigenvalue weighted by Gasteiger charge is -2.26. The molecule has 0 bridgehead atoms. The van der Waals surface area contributed by atoms with E-state index in [4.69, 9.17) is 9.47 Å². The highest BCUT2D eigenvalue weighted by molar-refractivity contribution is 5.78. The Balaban J connectivity index is 1.46. The molecule has 2 aliphatic heterocycles. The Bertz CT molecular complexity index is 571. The number of nitrogens with zero attached hydrogens (tertiary/aromatic N) is 1. The standard InChI is InChI=1S/C17H22N2O3/c20-17(18-13-4-5-13)11-19-7-1-2-14(19)12-3-6-15-16(10-12)22-9-8-21-15/h3,6,10,13-14H,1-2,4-5,7-9,11H2,(H,18,20). The van der Waals surface area contributed by atoms with Crippen LogP contribution in [0.15, 0.2) is 18.2 Å². The van der Waals surface area contributed by atoms with E-state index in [1.54, 1.807) is 0 Å². The Morgan fingerprint density at radius 1 is 1.18 bits per heavy atom. The van der Waals surface area contributed by atoms with Crippen LogP contribution in [0.2, 0.25) is 0 Å². The molecular weight excluding hydrogens is 280 g/mol. The van der Waals surface area contributed by atoms with Crippen molar-refractivity contribution in [1.29, 1.82) is 0 Å². The molecular formula is C17H22N2O3. The van der Waals surface area contributed by atoms with Crippen LogP contribution in [-0.2, 0) is 4.79 Å². The van der Waals surface area contributed by atoms with Crippen LogP contribution in [-0.4, -0.2) is 43.2 Å². The van der Waals surface area contributed by atoms with E-state index in [0.29, 0.717) is 31.8 Å². The first-order valence-corrected chi connectivity index (χ1v) is 8.22.